The highest BCUT2D eigenvalue weighted by Gasteiger charge is 2.26. The van der Waals surface area contributed by atoms with E-state index in [0.29, 0.717) is 18.1 Å². The first-order valence-electron chi connectivity index (χ1n) is 6.26. The van der Waals surface area contributed by atoms with Crippen molar-refractivity contribution in [2.45, 2.75) is 44.2 Å². The number of hydrogen-bond donors (Lipinski definition) is 1. The first-order chi connectivity index (χ1) is 7.40. The second kappa shape index (κ2) is 5.83. The molecule has 2 aliphatic heterocycles. The zero-order chi connectivity index (χ0) is 10.5. The van der Waals surface area contributed by atoms with Gasteiger partial charge in [0.2, 0.25) is 0 Å². The van der Waals surface area contributed by atoms with Crippen LogP contribution in [0.2, 0.25) is 0 Å². The SMILES string of the molecule is CNC1CCOCC1CCC1CCCO1. The van der Waals surface area contributed by atoms with Crippen LogP contribution in [-0.4, -0.2) is 39.0 Å². The fourth-order valence-corrected chi connectivity index (χ4v) is 2.73. The van der Waals surface area contributed by atoms with Gasteiger partial charge in [-0.2, -0.15) is 0 Å². The summed E-state index contributed by atoms with van der Waals surface area (Å²) in [7, 11) is 2.06. The summed E-state index contributed by atoms with van der Waals surface area (Å²) in [6, 6.07) is 0.653. The summed E-state index contributed by atoms with van der Waals surface area (Å²) in [5, 5.41) is 3.41. The number of ether oxygens (including phenoxy) is 2. The van der Waals surface area contributed by atoms with Crippen molar-refractivity contribution >= 4 is 0 Å². The van der Waals surface area contributed by atoms with Gasteiger partial charge in [-0.1, -0.05) is 0 Å². The van der Waals surface area contributed by atoms with E-state index < -0.39 is 0 Å². The molecule has 3 unspecified atom stereocenters. The fraction of sp³-hybridized carbons (Fsp3) is 1.00. The number of rotatable bonds is 4. The second-order valence-corrected chi connectivity index (χ2v) is 4.73. The van der Waals surface area contributed by atoms with Gasteiger partial charge in [-0.25, -0.2) is 0 Å². The molecule has 15 heavy (non-hydrogen) atoms. The third kappa shape index (κ3) is 3.16. The maximum atomic E-state index is 5.65. The zero-order valence-electron chi connectivity index (χ0n) is 9.71. The van der Waals surface area contributed by atoms with Crippen LogP contribution in [0.4, 0.5) is 0 Å². The van der Waals surface area contributed by atoms with Crippen LogP contribution in [0.3, 0.4) is 0 Å². The lowest BCUT2D eigenvalue weighted by atomic mass is 9.90. The topological polar surface area (TPSA) is 30.5 Å². The quantitative estimate of drug-likeness (QED) is 0.769. The lowest BCUT2D eigenvalue weighted by molar-refractivity contribution is 0.0213. The summed E-state index contributed by atoms with van der Waals surface area (Å²) in [6.45, 7) is 2.82. The fourth-order valence-electron chi connectivity index (χ4n) is 2.73. The van der Waals surface area contributed by atoms with E-state index in [9.17, 15) is 0 Å². The van der Waals surface area contributed by atoms with E-state index in [1.54, 1.807) is 0 Å². The highest BCUT2D eigenvalue weighted by Crippen LogP contribution is 2.24. The van der Waals surface area contributed by atoms with Crippen LogP contribution in [0, 0.1) is 5.92 Å². The largest absolute Gasteiger partial charge is 0.381 e. The van der Waals surface area contributed by atoms with Crippen molar-refractivity contribution < 1.29 is 9.47 Å². The van der Waals surface area contributed by atoms with Crippen LogP contribution in [0.5, 0.6) is 0 Å². The van der Waals surface area contributed by atoms with Gasteiger partial charge in [0.1, 0.15) is 0 Å². The summed E-state index contributed by atoms with van der Waals surface area (Å²) in [5.41, 5.74) is 0. The van der Waals surface area contributed by atoms with Gasteiger partial charge in [-0.3, -0.25) is 0 Å². The molecule has 2 aliphatic rings. The predicted octanol–water partition coefficient (Wildman–Crippen LogP) is 1.57. The summed E-state index contributed by atoms with van der Waals surface area (Å²) >= 11 is 0. The van der Waals surface area contributed by atoms with Crippen molar-refractivity contribution in [1.29, 1.82) is 0 Å². The molecule has 3 heteroatoms. The molecule has 0 saturated carbocycles. The molecule has 0 amide bonds. The molecule has 0 aliphatic carbocycles. The first kappa shape index (κ1) is 11.4. The Morgan fingerprint density at radius 3 is 2.87 bits per heavy atom. The third-order valence-corrected chi connectivity index (χ3v) is 3.73. The zero-order valence-corrected chi connectivity index (χ0v) is 9.71. The molecule has 88 valence electrons. The third-order valence-electron chi connectivity index (χ3n) is 3.73. The van der Waals surface area contributed by atoms with Crippen molar-refractivity contribution in [3.63, 3.8) is 0 Å². The van der Waals surface area contributed by atoms with E-state index in [2.05, 4.69) is 12.4 Å². The molecule has 2 saturated heterocycles. The van der Waals surface area contributed by atoms with Crippen LogP contribution in [0.1, 0.15) is 32.1 Å². The summed E-state index contributed by atoms with van der Waals surface area (Å²) in [5.74, 6) is 0.688. The van der Waals surface area contributed by atoms with Crippen molar-refractivity contribution in [2.75, 3.05) is 26.9 Å². The molecule has 0 spiro atoms. The molecule has 0 aromatic heterocycles. The predicted molar refractivity (Wildman–Crippen MR) is 60.0 cm³/mol. The van der Waals surface area contributed by atoms with Crippen LogP contribution in [0.25, 0.3) is 0 Å². The van der Waals surface area contributed by atoms with Gasteiger partial charge in [0.25, 0.3) is 0 Å². The molecule has 1 N–H and O–H groups in total. The van der Waals surface area contributed by atoms with Crippen molar-refractivity contribution in [1.82, 2.24) is 5.32 Å². The van der Waals surface area contributed by atoms with Crippen molar-refractivity contribution in [2.24, 2.45) is 5.92 Å². The molecule has 3 atom stereocenters. The van der Waals surface area contributed by atoms with Gasteiger partial charge in [0.15, 0.2) is 0 Å². The van der Waals surface area contributed by atoms with Gasteiger partial charge < -0.3 is 14.8 Å². The molecule has 3 nitrogen and oxygen atoms in total. The average molecular weight is 213 g/mol. The van der Waals surface area contributed by atoms with E-state index >= 15 is 0 Å². The maximum Gasteiger partial charge on any atom is 0.0576 e. The van der Waals surface area contributed by atoms with E-state index in [1.807, 2.05) is 0 Å². The van der Waals surface area contributed by atoms with Gasteiger partial charge >= 0.3 is 0 Å². The Hall–Kier alpha value is -0.120. The molecule has 0 radical (unpaired) electrons. The maximum absolute atomic E-state index is 5.65. The minimum Gasteiger partial charge on any atom is -0.381 e. The van der Waals surface area contributed by atoms with Gasteiger partial charge in [0.05, 0.1) is 12.7 Å². The molecule has 2 heterocycles. The van der Waals surface area contributed by atoms with Crippen LogP contribution in [0.15, 0.2) is 0 Å². The molecular weight excluding hydrogens is 190 g/mol. The molecule has 2 fully saturated rings. The molecule has 2 rings (SSSR count). The minimum absolute atomic E-state index is 0.532. The Kier molecular flexibility index (Phi) is 4.42. The Labute approximate surface area is 92.5 Å². The second-order valence-electron chi connectivity index (χ2n) is 4.73. The lowest BCUT2D eigenvalue weighted by Gasteiger charge is -2.31. The van der Waals surface area contributed by atoms with E-state index in [4.69, 9.17) is 9.47 Å². The minimum atomic E-state index is 0.532. The van der Waals surface area contributed by atoms with Crippen LogP contribution < -0.4 is 5.32 Å². The Morgan fingerprint density at radius 1 is 1.20 bits per heavy atom. The normalized spacial score (nSPS) is 37.0. The van der Waals surface area contributed by atoms with E-state index in [-0.39, 0.29) is 0 Å². The molecule has 0 aromatic carbocycles. The molecule has 0 bridgehead atoms. The lowest BCUT2D eigenvalue weighted by Crippen LogP contribution is -2.41. The van der Waals surface area contributed by atoms with Crippen LogP contribution in [-0.2, 0) is 9.47 Å². The Balaban J connectivity index is 1.71. The van der Waals surface area contributed by atoms with Gasteiger partial charge in [0, 0.05) is 19.3 Å². The Bertz CT molecular complexity index is 180. The van der Waals surface area contributed by atoms with Gasteiger partial charge in [-0.05, 0) is 45.1 Å². The summed E-state index contributed by atoms with van der Waals surface area (Å²) < 4.78 is 11.2. The van der Waals surface area contributed by atoms with Crippen LogP contribution >= 0.6 is 0 Å². The van der Waals surface area contributed by atoms with E-state index in [1.165, 1.54) is 25.7 Å². The monoisotopic (exact) mass is 213 g/mol. The van der Waals surface area contributed by atoms with E-state index in [0.717, 1.165) is 26.2 Å². The summed E-state index contributed by atoms with van der Waals surface area (Å²) in [6.07, 6.45) is 6.66. The molecular formula is C12H23NO2. The van der Waals surface area contributed by atoms with Gasteiger partial charge in [-0.15, -0.1) is 0 Å². The number of hydrogen-bond acceptors (Lipinski definition) is 3. The standard InChI is InChI=1S/C12H23NO2/c1-13-12-6-8-14-9-10(12)4-5-11-3-2-7-15-11/h10-13H,2-9H2,1H3. The Morgan fingerprint density at radius 2 is 2.13 bits per heavy atom. The smallest absolute Gasteiger partial charge is 0.0576 e. The highest BCUT2D eigenvalue weighted by molar-refractivity contribution is 4.79. The van der Waals surface area contributed by atoms with Crippen molar-refractivity contribution in [3.8, 4) is 0 Å². The average Bonchev–Trinajstić information content (AvgIpc) is 2.79. The van der Waals surface area contributed by atoms with Crippen molar-refractivity contribution in [3.05, 3.63) is 0 Å². The first-order valence-corrected chi connectivity index (χ1v) is 6.26. The number of nitrogens with one attached hydrogen (secondary N) is 1. The summed E-state index contributed by atoms with van der Waals surface area (Å²) in [4.78, 5) is 0. The highest BCUT2D eigenvalue weighted by atomic mass is 16.5. The molecule has 0 aromatic rings.